The van der Waals surface area contributed by atoms with E-state index < -0.39 is 0 Å². The second-order valence-corrected chi connectivity index (χ2v) is 6.22. The quantitative estimate of drug-likeness (QED) is 0.672. The first-order valence-electron chi connectivity index (χ1n) is 8.06. The molecule has 2 amide bonds. The van der Waals surface area contributed by atoms with Gasteiger partial charge < -0.3 is 4.90 Å². The Kier molecular flexibility index (Phi) is 5.14. The number of hydrazone groups is 1. The Labute approximate surface area is 151 Å². The Balaban J connectivity index is 1.69. The molecule has 5 nitrogen and oxygen atoms in total. The first-order valence-corrected chi connectivity index (χ1v) is 8.44. The fourth-order valence-corrected chi connectivity index (χ4v) is 2.93. The Morgan fingerprint density at radius 3 is 2.52 bits per heavy atom. The summed E-state index contributed by atoms with van der Waals surface area (Å²) in [7, 11) is 0. The number of hydrogen-bond donors (Lipinski definition) is 1. The fourth-order valence-electron chi connectivity index (χ4n) is 2.71. The molecule has 0 saturated carbocycles. The van der Waals surface area contributed by atoms with Gasteiger partial charge in [-0.2, -0.15) is 5.10 Å². The monoisotopic (exact) mass is 355 g/mol. The molecule has 0 unspecified atom stereocenters. The molecule has 1 heterocycles. The number of anilines is 1. The van der Waals surface area contributed by atoms with Crippen molar-refractivity contribution in [1.29, 1.82) is 0 Å². The summed E-state index contributed by atoms with van der Waals surface area (Å²) in [4.78, 5) is 25.7. The summed E-state index contributed by atoms with van der Waals surface area (Å²) in [5.41, 5.74) is 5.32. The van der Waals surface area contributed by atoms with Crippen LogP contribution in [0.25, 0.3) is 0 Å². The number of carbonyl (C=O) groups excluding carboxylic acids is 2. The van der Waals surface area contributed by atoms with E-state index in [-0.39, 0.29) is 11.8 Å². The van der Waals surface area contributed by atoms with Gasteiger partial charge in [0.05, 0.1) is 16.3 Å². The topological polar surface area (TPSA) is 61.8 Å². The zero-order valence-electron chi connectivity index (χ0n) is 13.8. The zero-order valence-corrected chi connectivity index (χ0v) is 14.6. The lowest BCUT2D eigenvalue weighted by Gasteiger charge is -2.15. The minimum Gasteiger partial charge on any atom is -0.312 e. The van der Waals surface area contributed by atoms with Gasteiger partial charge in [0.25, 0.3) is 5.91 Å². The number of carbonyl (C=O) groups is 2. The summed E-state index contributed by atoms with van der Waals surface area (Å²) in [5, 5.41) is 4.51. The summed E-state index contributed by atoms with van der Waals surface area (Å²) in [6.07, 6.45) is 1.51. The molecule has 1 saturated heterocycles. The second-order valence-electron chi connectivity index (χ2n) is 5.81. The van der Waals surface area contributed by atoms with Gasteiger partial charge in [-0.15, -0.1) is 0 Å². The molecule has 0 aliphatic carbocycles. The van der Waals surface area contributed by atoms with Gasteiger partial charge in [-0.1, -0.05) is 35.9 Å². The number of hydrogen-bond acceptors (Lipinski definition) is 3. The van der Waals surface area contributed by atoms with E-state index in [9.17, 15) is 9.59 Å². The molecule has 6 heteroatoms. The molecule has 0 bridgehead atoms. The molecule has 2 aromatic carbocycles. The van der Waals surface area contributed by atoms with Crippen LogP contribution >= 0.6 is 11.6 Å². The highest BCUT2D eigenvalue weighted by Crippen LogP contribution is 2.21. The lowest BCUT2D eigenvalue weighted by atomic mass is 10.1. The van der Waals surface area contributed by atoms with E-state index in [0.717, 1.165) is 24.2 Å². The number of benzene rings is 2. The van der Waals surface area contributed by atoms with Crippen LogP contribution < -0.4 is 10.3 Å². The number of nitrogens with one attached hydrogen (secondary N) is 1. The Bertz CT molecular complexity index is 831. The largest absolute Gasteiger partial charge is 0.312 e. The average Bonchev–Trinajstić information content (AvgIpc) is 3.06. The molecule has 2 aromatic rings. The first-order chi connectivity index (χ1) is 12.1. The molecule has 128 valence electrons. The van der Waals surface area contributed by atoms with E-state index in [2.05, 4.69) is 10.5 Å². The maximum absolute atomic E-state index is 12.1. The third-order valence-electron chi connectivity index (χ3n) is 4.11. The molecule has 1 fully saturated rings. The van der Waals surface area contributed by atoms with E-state index in [1.807, 2.05) is 31.2 Å². The van der Waals surface area contributed by atoms with Crippen molar-refractivity contribution in [2.24, 2.45) is 5.10 Å². The maximum Gasteiger partial charge on any atom is 0.272 e. The van der Waals surface area contributed by atoms with E-state index >= 15 is 0 Å². The van der Waals surface area contributed by atoms with Gasteiger partial charge in [-0.05, 0) is 43.2 Å². The molecule has 0 aromatic heterocycles. The zero-order chi connectivity index (χ0) is 17.8. The molecular formula is C19H18ClN3O2. The summed E-state index contributed by atoms with van der Waals surface area (Å²) in [6.45, 7) is 2.57. The molecule has 0 spiro atoms. The Hall–Kier alpha value is -2.66. The second kappa shape index (κ2) is 7.49. The van der Waals surface area contributed by atoms with Crippen molar-refractivity contribution in [3.05, 3.63) is 64.7 Å². The molecule has 3 rings (SSSR count). The van der Waals surface area contributed by atoms with Crippen molar-refractivity contribution in [2.45, 2.75) is 19.8 Å². The van der Waals surface area contributed by atoms with Crippen LogP contribution in [0.15, 0.2) is 53.6 Å². The molecule has 0 atom stereocenters. The number of amides is 2. The van der Waals surface area contributed by atoms with Crippen LogP contribution in [0.5, 0.6) is 0 Å². The highest BCUT2D eigenvalue weighted by Gasteiger charge is 2.21. The lowest BCUT2D eigenvalue weighted by Crippen LogP contribution is -2.23. The summed E-state index contributed by atoms with van der Waals surface area (Å²) >= 11 is 6.00. The number of halogens is 1. The van der Waals surface area contributed by atoms with Gasteiger partial charge in [0.2, 0.25) is 5.91 Å². The van der Waals surface area contributed by atoms with Crippen molar-refractivity contribution in [1.82, 2.24) is 5.43 Å². The number of nitrogens with zero attached hydrogens (tertiary/aromatic N) is 2. The predicted molar refractivity (Wildman–Crippen MR) is 99.2 cm³/mol. The van der Waals surface area contributed by atoms with Crippen molar-refractivity contribution >= 4 is 34.8 Å². The fraction of sp³-hybridized carbons (Fsp3) is 0.211. The predicted octanol–water partition coefficient (Wildman–Crippen LogP) is 3.62. The summed E-state index contributed by atoms with van der Waals surface area (Å²) in [6, 6.07) is 14.4. The van der Waals surface area contributed by atoms with Gasteiger partial charge >= 0.3 is 0 Å². The normalized spacial score (nSPS) is 14.7. The molecule has 1 N–H and O–H groups in total. The minimum absolute atomic E-state index is 0.158. The van der Waals surface area contributed by atoms with Crippen molar-refractivity contribution in [3.63, 3.8) is 0 Å². The third-order valence-corrected chi connectivity index (χ3v) is 4.44. The standard InChI is InChI=1S/C19H18ClN3O2/c1-13(21-22-19(25)16-5-2-3-6-17(16)20)14-8-10-15(11-9-14)23-12-4-7-18(23)24/h2-3,5-6,8-11H,4,7,12H2,1H3,(H,22,25)/b21-13-. The SMILES string of the molecule is C/C(=N/NC(=O)c1ccccc1Cl)c1ccc(N2CCCC2=O)cc1. The molecule has 1 aliphatic rings. The number of rotatable bonds is 4. The van der Waals surface area contributed by atoms with Crippen LogP contribution in [0.1, 0.15) is 35.7 Å². The third kappa shape index (κ3) is 3.88. The van der Waals surface area contributed by atoms with Crippen LogP contribution in [0.2, 0.25) is 5.02 Å². The van der Waals surface area contributed by atoms with Crippen molar-refractivity contribution in [3.8, 4) is 0 Å². The first kappa shape index (κ1) is 17.2. The molecule has 25 heavy (non-hydrogen) atoms. The van der Waals surface area contributed by atoms with Crippen LogP contribution in [-0.4, -0.2) is 24.1 Å². The van der Waals surface area contributed by atoms with E-state index in [4.69, 9.17) is 11.6 Å². The van der Waals surface area contributed by atoms with Crippen molar-refractivity contribution in [2.75, 3.05) is 11.4 Å². The van der Waals surface area contributed by atoms with Gasteiger partial charge in [-0.3, -0.25) is 9.59 Å². The minimum atomic E-state index is -0.357. The van der Waals surface area contributed by atoms with Gasteiger partial charge in [-0.25, -0.2) is 5.43 Å². The van der Waals surface area contributed by atoms with Crippen LogP contribution in [0.3, 0.4) is 0 Å². The molecule has 1 aliphatic heterocycles. The highest BCUT2D eigenvalue weighted by atomic mass is 35.5. The average molecular weight is 356 g/mol. The molecular weight excluding hydrogens is 338 g/mol. The van der Waals surface area contributed by atoms with E-state index in [0.29, 0.717) is 22.7 Å². The van der Waals surface area contributed by atoms with Gasteiger partial charge in [0.15, 0.2) is 0 Å². The van der Waals surface area contributed by atoms with Crippen LogP contribution in [0.4, 0.5) is 5.69 Å². The lowest BCUT2D eigenvalue weighted by molar-refractivity contribution is -0.117. The van der Waals surface area contributed by atoms with Gasteiger partial charge in [0.1, 0.15) is 0 Å². The van der Waals surface area contributed by atoms with Gasteiger partial charge in [0, 0.05) is 18.7 Å². The smallest absolute Gasteiger partial charge is 0.272 e. The Morgan fingerprint density at radius 1 is 1.16 bits per heavy atom. The molecule has 0 radical (unpaired) electrons. The van der Waals surface area contributed by atoms with E-state index in [1.165, 1.54) is 0 Å². The summed E-state index contributed by atoms with van der Waals surface area (Å²) in [5.74, 6) is -0.200. The van der Waals surface area contributed by atoms with Crippen LogP contribution in [0, 0.1) is 0 Å². The van der Waals surface area contributed by atoms with Crippen LogP contribution in [-0.2, 0) is 4.79 Å². The highest BCUT2D eigenvalue weighted by molar-refractivity contribution is 6.33. The summed E-state index contributed by atoms with van der Waals surface area (Å²) < 4.78 is 0. The van der Waals surface area contributed by atoms with Crippen molar-refractivity contribution < 1.29 is 9.59 Å². The Morgan fingerprint density at radius 2 is 1.88 bits per heavy atom. The maximum atomic E-state index is 12.1. The van der Waals surface area contributed by atoms with E-state index in [1.54, 1.807) is 29.2 Å².